The van der Waals surface area contributed by atoms with Gasteiger partial charge in [-0.05, 0) is 45.9 Å². The average molecular weight is 334 g/mol. The van der Waals surface area contributed by atoms with Crippen LogP contribution in [0.4, 0.5) is 0 Å². The summed E-state index contributed by atoms with van der Waals surface area (Å²) in [4.78, 5) is 11.0. The lowest BCUT2D eigenvalue weighted by atomic mass is 9.89. The number of hydrogen-bond acceptors (Lipinski definition) is 3. The van der Waals surface area contributed by atoms with Gasteiger partial charge in [0.25, 0.3) is 0 Å². The van der Waals surface area contributed by atoms with Crippen molar-refractivity contribution in [2.45, 2.75) is 33.2 Å². The molecule has 21 heavy (non-hydrogen) atoms. The molecule has 2 N–H and O–H groups in total. The number of hydrogen-bond donors (Lipinski definition) is 2. The second-order valence-corrected chi connectivity index (χ2v) is 6.50. The summed E-state index contributed by atoms with van der Waals surface area (Å²) < 4.78 is 5.61. The molecule has 6 heteroatoms. The fourth-order valence-corrected chi connectivity index (χ4v) is 1.87. The number of carboxylic acids is 1. The van der Waals surface area contributed by atoms with E-state index in [1.54, 1.807) is 32.0 Å². The van der Waals surface area contributed by atoms with Gasteiger partial charge in [-0.25, -0.2) is 0 Å². The van der Waals surface area contributed by atoms with Gasteiger partial charge in [-0.15, -0.1) is 0 Å². The Kier molecular flexibility index (Phi) is 6.78. The quantitative estimate of drug-likeness (QED) is 0.758. The molecule has 0 saturated heterocycles. The van der Waals surface area contributed by atoms with E-state index >= 15 is 0 Å². The van der Waals surface area contributed by atoms with E-state index in [4.69, 9.17) is 33.0 Å². The van der Waals surface area contributed by atoms with E-state index in [-0.39, 0.29) is 6.04 Å². The third-order valence-electron chi connectivity index (χ3n) is 3.21. The highest BCUT2D eigenvalue weighted by molar-refractivity contribution is 6.42. The van der Waals surface area contributed by atoms with Gasteiger partial charge in [-0.3, -0.25) is 4.79 Å². The Morgan fingerprint density at radius 1 is 1.38 bits per heavy atom. The molecule has 0 aliphatic carbocycles. The normalized spacial score (nSPS) is 13.0. The van der Waals surface area contributed by atoms with Crippen LogP contribution in [0, 0.1) is 5.41 Å². The van der Waals surface area contributed by atoms with Crippen molar-refractivity contribution in [3.8, 4) is 5.75 Å². The molecule has 1 aromatic rings. The van der Waals surface area contributed by atoms with Gasteiger partial charge in [0.1, 0.15) is 12.4 Å². The number of ether oxygens (including phenoxy) is 1. The topological polar surface area (TPSA) is 58.6 Å². The Balaban J connectivity index is 2.32. The van der Waals surface area contributed by atoms with Gasteiger partial charge in [0.2, 0.25) is 0 Å². The number of halogens is 2. The first kappa shape index (κ1) is 18.1. The molecule has 0 spiro atoms. The smallest absolute Gasteiger partial charge is 0.309 e. The van der Waals surface area contributed by atoms with E-state index in [1.165, 1.54) is 0 Å². The largest absolute Gasteiger partial charge is 0.492 e. The lowest BCUT2D eigenvalue weighted by Gasteiger charge is -2.21. The summed E-state index contributed by atoms with van der Waals surface area (Å²) in [7, 11) is 0. The third-order valence-corrected chi connectivity index (χ3v) is 3.95. The lowest BCUT2D eigenvalue weighted by Crippen LogP contribution is -2.36. The average Bonchev–Trinajstić information content (AvgIpc) is 2.39. The molecule has 1 rings (SSSR count). The highest BCUT2D eigenvalue weighted by Gasteiger charge is 2.26. The highest BCUT2D eigenvalue weighted by Crippen LogP contribution is 2.26. The number of benzene rings is 1. The molecule has 1 atom stereocenters. The van der Waals surface area contributed by atoms with Crippen molar-refractivity contribution in [3.05, 3.63) is 28.2 Å². The molecule has 0 fully saturated rings. The molecule has 1 aromatic carbocycles. The van der Waals surface area contributed by atoms with Gasteiger partial charge in [0.05, 0.1) is 15.5 Å². The molecule has 0 bridgehead atoms. The molecule has 0 aliphatic rings. The van der Waals surface area contributed by atoms with Crippen molar-refractivity contribution < 1.29 is 14.6 Å². The number of aliphatic carboxylic acids is 1. The van der Waals surface area contributed by atoms with E-state index < -0.39 is 11.4 Å². The zero-order valence-electron chi connectivity index (χ0n) is 12.5. The summed E-state index contributed by atoms with van der Waals surface area (Å²) in [5.74, 6) is -0.132. The number of carbonyl (C=O) groups is 1. The van der Waals surface area contributed by atoms with E-state index in [2.05, 4.69) is 5.32 Å². The van der Waals surface area contributed by atoms with Crippen LogP contribution in [0.5, 0.6) is 5.75 Å². The zero-order chi connectivity index (χ0) is 16.0. The monoisotopic (exact) mass is 333 g/mol. The van der Waals surface area contributed by atoms with E-state index in [1.807, 2.05) is 6.92 Å². The van der Waals surface area contributed by atoms with Crippen LogP contribution in [-0.2, 0) is 4.79 Å². The van der Waals surface area contributed by atoms with Crippen LogP contribution in [0.1, 0.15) is 27.2 Å². The molecule has 0 amide bonds. The molecule has 1 unspecified atom stereocenters. The summed E-state index contributed by atoms with van der Waals surface area (Å²) in [6, 6.07) is 5.22. The Bertz CT molecular complexity index is 492. The number of carboxylic acid groups (broad SMARTS) is 1. The first-order chi connectivity index (χ1) is 9.72. The van der Waals surface area contributed by atoms with Gasteiger partial charge in [-0.2, -0.15) is 0 Å². The second-order valence-electron chi connectivity index (χ2n) is 5.68. The summed E-state index contributed by atoms with van der Waals surface area (Å²) in [6.07, 6.45) is 0.555. The summed E-state index contributed by atoms with van der Waals surface area (Å²) >= 11 is 11.7. The first-order valence-electron chi connectivity index (χ1n) is 6.77. The van der Waals surface area contributed by atoms with Crippen molar-refractivity contribution in [3.63, 3.8) is 0 Å². The van der Waals surface area contributed by atoms with Gasteiger partial charge < -0.3 is 15.2 Å². The lowest BCUT2D eigenvalue weighted by molar-refractivity contribution is -0.147. The molecule has 0 heterocycles. The molecule has 0 aliphatic heterocycles. The van der Waals surface area contributed by atoms with E-state index in [0.717, 1.165) is 0 Å². The molecule has 4 nitrogen and oxygen atoms in total. The maximum Gasteiger partial charge on any atom is 0.309 e. The van der Waals surface area contributed by atoms with Gasteiger partial charge in [0, 0.05) is 12.1 Å². The summed E-state index contributed by atoms with van der Waals surface area (Å²) in [6.45, 7) is 6.49. The fourth-order valence-electron chi connectivity index (χ4n) is 1.58. The molecular weight excluding hydrogens is 313 g/mol. The minimum atomic E-state index is -0.788. The van der Waals surface area contributed by atoms with Crippen LogP contribution in [0.2, 0.25) is 10.0 Å². The Labute approximate surface area is 135 Å². The standard InChI is InChI=1S/C15H21Cl2NO3/c1-10(18-7-6-15(2,3)14(19)20)9-21-11-4-5-12(16)13(17)8-11/h4-5,8,10,18H,6-7,9H2,1-3H3,(H,19,20). The summed E-state index contributed by atoms with van der Waals surface area (Å²) in [5.41, 5.74) is -0.725. The Morgan fingerprint density at radius 3 is 2.62 bits per heavy atom. The molecule has 0 radical (unpaired) electrons. The maximum absolute atomic E-state index is 11.0. The third kappa shape index (κ3) is 6.12. The van der Waals surface area contributed by atoms with Crippen LogP contribution in [0.25, 0.3) is 0 Å². The maximum atomic E-state index is 11.0. The van der Waals surface area contributed by atoms with E-state index in [9.17, 15) is 4.79 Å². The Hall–Kier alpha value is -0.970. The SMILES string of the molecule is CC(COc1ccc(Cl)c(Cl)c1)NCCC(C)(C)C(=O)O. The first-order valence-corrected chi connectivity index (χ1v) is 7.52. The number of rotatable bonds is 8. The molecule has 0 aromatic heterocycles. The van der Waals surface area contributed by atoms with Crippen molar-refractivity contribution >= 4 is 29.2 Å². The van der Waals surface area contributed by atoms with Crippen LogP contribution in [-0.4, -0.2) is 30.3 Å². The van der Waals surface area contributed by atoms with Crippen molar-refractivity contribution in [1.29, 1.82) is 0 Å². The predicted octanol–water partition coefficient (Wildman–Crippen LogP) is 3.85. The van der Waals surface area contributed by atoms with Crippen molar-refractivity contribution in [1.82, 2.24) is 5.32 Å². The van der Waals surface area contributed by atoms with Crippen molar-refractivity contribution in [2.24, 2.45) is 5.41 Å². The van der Waals surface area contributed by atoms with Gasteiger partial charge in [0.15, 0.2) is 0 Å². The van der Waals surface area contributed by atoms with Crippen LogP contribution in [0.15, 0.2) is 18.2 Å². The summed E-state index contributed by atoms with van der Waals surface area (Å²) in [5, 5.41) is 13.2. The molecule has 118 valence electrons. The number of nitrogens with one attached hydrogen (secondary N) is 1. The van der Waals surface area contributed by atoms with E-state index in [0.29, 0.717) is 35.4 Å². The zero-order valence-corrected chi connectivity index (χ0v) is 14.0. The predicted molar refractivity (Wildman–Crippen MR) is 85.5 cm³/mol. The second kappa shape index (κ2) is 7.87. The minimum absolute atomic E-state index is 0.101. The van der Waals surface area contributed by atoms with Crippen LogP contribution < -0.4 is 10.1 Å². The van der Waals surface area contributed by atoms with Crippen molar-refractivity contribution in [2.75, 3.05) is 13.2 Å². The fraction of sp³-hybridized carbons (Fsp3) is 0.533. The molecular formula is C15H21Cl2NO3. The Morgan fingerprint density at radius 2 is 2.05 bits per heavy atom. The van der Waals surface area contributed by atoms with Gasteiger partial charge in [-0.1, -0.05) is 23.2 Å². The molecule has 0 saturated carbocycles. The minimum Gasteiger partial charge on any atom is -0.492 e. The highest BCUT2D eigenvalue weighted by atomic mass is 35.5. The van der Waals surface area contributed by atoms with Crippen LogP contribution >= 0.6 is 23.2 Å². The van der Waals surface area contributed by atoms with Gasteiger partial charge >= 0.3 is 5.97 Å². The van der Waals surface area contributed by atoms with Crippen LogP contribution in [0.3, 0.4) is 0 Å².